The van der Waals surface area contributed by atoms with Gasteiger partial charge in [0.15, 0.2) is 0 Å². The number of aliphatic imine (C=N–C) groups is 1. The molecule has 72 valence electrons. The Morgan fingerprint density at radius 3 is 2.71 bits per heavy atom. The molecule has 1 heterocycles. The van der Waals surface area contributed by atoms with Crippen LogP contribution in [0.25, 0.3) is 0 Å². The molecule has 3 heteroatoms. The van der Waals surface area contributed by atoms with Crippen molar-refractivity contribution in [3.63, 3.8) is 0 Å². The maximum Gasteiger partial charge on any atom is 0.136 e. The van der Waals surface area contributed by atoms with Crippen molar-refractivity contribution in [2.75, 3.05) is 14.1 Å². The van der Waals surface area contributed by atoms with Gasteiger partial charge in [0, 0.05) is 26.1 Å². The van der Waals surface area contributed by atoms with Gasteiger partial charge in [-0.15, -0.1) is 0 Å². The zero-order chi connectivity index (χ0) is 10.1. The monoisotopic (exact) mass is 204 g/mol. The van der Waals surface area contributed by atoms with E-state index in [0.29, 0.717) is 0 Å². The molecular weight excluding hydrogens is 192 g/mol. The molecular formula is C11H12N2S. The summed E-state index contributed by atoms with van der Waals surface area (Å²) in [6.07, 6.45) is 0.794. The highest BCUT2D eigenvalue weighted by Gasteiger charge is 2.17. The molecule has 1 aliphatic heterocycles. The molecule has 0 fully saturated rings. The minimum Gasteiger partial charge on any atom is -0.362 e. The molecule has 0 aliphatic carbocycles. The average molecular weight is 204 g/mol. The summed E-state index contributed by atoms with van der Waals surface area (Å²) in [4.78, 5) is 7.17. The molecule has 1 aromatic rings. The molecule has 0 amide bonds. The predicted molar refractivity (Wildman–Crippen MR) is 63.0 cm³/mol. The number of amidine groups is 1. The molecule has 2 nitrogen and oxygen atoms in total. The molecule has 2 rings (SSSR count). The van der Waals surface area contributed by atoms with Gasteiger partial charge in [-0.2, -0.15) is 0 Å². The maximum absolute atomic E-state index is 5.16. The largest absolute Gasteiger partial charge is 0.362 e. The number of fused-ring (bicyclic) bond motifs is 1. The highest BCUT2D eigenvalue weighted by Crippen LogP contribution is 2.17. The van der Waals surface area contributed by atoms with Crippen LogP contribution in [0.4, 0.5) is 0 Å². The molecule has 1 aliphatic rings. The highest BCUT2D eigenvalue weighted by atomic mass is 32.1. The van der Waals surface area contributed by atoms with Crippen molar-refractivity contribution >= 4 is 23.0 Å². The van der Waals surface area contributed by atoms with Gasteiger partial charge in [-0.25, -0.2) is 4.99 Å². The third-order valence-corrected chi connectivity index (χ3v) is 2.49. The van der Waals surface area contributed by atoms with Gasteiger partial charge in [-0.1, -0.05) is 36.5 Å². The predicted octanol–water partition coefficient (Wildman–Crippen LogP) is 1.88. The normalized spacial score (nSPS) is 14.7. The van der Waals surface area contributed by atoms with E-state index in [-0.39, 0.29) is 0 Å². The lowest BCUT2D eigenvalue weighted by Gasteiger charge is -2.22. The number of thiocarbonyl (C=S) groups is 1. The standard InChI is InChI=1S/C11H12N2S/c1-13(2)11-9-6-4-3-5-8(9)7-10(14)12-11/h3-6H,7H2,1-2H3. The lowest BCUT2D eigenvalue weighted by atomic mass is 10.0. The summed E-state index contributed by atoms with van der Waals surface area (Å²) in [5.41, 5.74) is 2.47. The van der Waals surface area contributed by atoms with Gasteiger partial charge >= 0.3 is 0 Å². The second kappa shape index (κ2) is 3.50. The summed E-state index contributed by atoms with van der Waals surface area (Å²) in [5, 5.41) is 0. The van der Waals surface area contributed by atoms with Crippen molar-refractivity contribution in [3.8, 4) is 0 Å². The summed E-state index contributed by atoms with van der Waals surface area (Å²) in [6, 6.07) is 8.28. The van der Waals surface area contributed by atoms with E-state index in [1.165, 1.54) is 11.1 Å². The molecule has 0 saturated heterocycles. The van der Waals surface area contributed by atoms with Crippen molar-refractivity contribution in [2.24, 2.45) is 4.99 Å². The first-order valence-electron chi connectivity index (χ1n) is 4.55. The molecule has 0 bridgehead atoms. The highest BCUT2D eigenvalue weighted by molar-refractivity contribution is 7.80. The van der Waals surface area contributed by atoms with Crippen LogP contribution in [0.1, 0.15) is 11.1 Å². The van der Waals surface area contributed by atoms with Crippen molar-refractivity contribution in [3.05, 3.63) is 35.4 Å². The molecule has 1 aromatic carbocycles. The third-order valence-electron chi connectivity index (χ3n) is 2.25. The Morgan fingerprint density at radius 2 is 2.00 bits per heavy atom. The number of hydrogen-bond acceptors (Lipinski definition) is 2. The van der Waals surface area contributed by atoms with Crippen LogP contribution in [-0.4, -0.2) is 29.8 Å². The van der Waals surface area contributed by atoms with E-state index in [9.17, 15) is 0 Å². The SMILES string of the molecule is CN(C)C1=NC(=S)Cc2ccccc21. The third kappa shape index (κ3) is 1.55. The second-order valence-electron chi connectivity index (χ2n) is 3.56. The smallest absolute Gasteiger partial charge is 0.136 e. The first-order chi connectivity index (χ1) is 6.68. The molecule has 0 spiro atoms. The Bertz CT molecular complexity index is 408. The maximum atomic E-state index is 5.16. The van der Waals surface area contributed by atoms with Crippen molar-refractivity contribution in [1.29, 1.82) is 0 Å². The fraction of sp³-hybridized carbons (Fsp3) is 0.273. The van der Waals surface area contributed by atoms with Gasteiger partial charge in [0.2, 0.25) is 0 Å². The van der Waals surface area contributed by atoms with Gasteiger partial charge in [0.1, 0.15) is 10.8 Å². The molecule has 14 heavy (non-hydrogen) atoms. The van der Waals surface area contributed by atoms with Gasteiger partial charge in [0.25, 0.3) is 0 Å². The minimum absolute atomic E-state index is 0.771. The van der Waals surface area contributed by atoms with Crippen LogP contribution in [0.2, 0.25) is 0 Å². The van der Waals surface area contributed by atoms with Crippen LogP contribution in [0.5, 0.6) is 0 Å². The molecule has 0 radical (unpaired) electrons. The minimum atomic E-state index is 0.771. The fourth-order valence-corrected chi connectivity index (χ4v) is 1.86. The van der Waals surface area contributed by atoms with Crippen LogP contribution in [0.15, 0.2) is 29.3 Å². The van der Waals surface area contributed by atoms with Gasteiger partial charge in [-0.3, -0.25) is 0 Å². The topological polar surface area (TPSA) is 15.6 Å². The van der Waals surface area contributed by atoms with E-state index in [4.69, 9.17) is 12.2 Å². The van der Waals surface area contributed by atoms with E-state index in [1.807, 2.05) is 31.1 Å². The van der Waals surface area contributed by atoms with E-state index >= 15 is 0 Å². The van der Waals surface area contributed by atoms with E-state index in [0.717, 1.165) is 17.2 Å². The summed E-state index contributed by atoms with van der Waals surface area (Å²) in [7, 11) is 3.98. The zero-order valence-corrected chi connectivity index (χ0v) is 9.14. The summed E-state index contributed by atoms with van der Waals surface area (Å²) < 4.78 is 0. The lowest BCUT2D eigenvalue weighted by molar-refractivity contribution is 0.623. The summed E-state index contributed by atoms with van der Waals surface area (Å²) in [5.74, 6) is 0.969. The quantitative estimate of drug-likeness (QED) is 0.600. The first-order valence-corrected chi connectivity index (χ1v) is 4.96. The fourth-order valence-electron chi connectivity index (χ4n) is 1.61. The van der Waals surface area contributed by atoms with E-state index in [1.54, 1.807) is 0 Å². The van der Waals surface area contributed by atoms with E-state index in [2.05, 4.69) is 17.1 Å². The van der Waals surface area contributed by atoms with Crippen LogP contribution < -0.4 is 0 Å². The van der Waals surface area contributed by atoms with Crippen molar-refractivity contribution < 1.29 is 0 Å². The zero-order valence-electron chi connectivity index (χ0n) is 8.32. The molecule has 0 aromatic heterocycles. The Labute approximate surface area is 89.3 Å². The first kappa shape index (κ1) is 9.34. The van der Waals surface area contributed by atoms with Gasteiger partial charge in [0.05, 0.1) is 0 Å². The number of rotatable bonds is 0. The van der Waals surface area contributed by atoms with E-state index < -0.39 is 0 Å². The molecule has 0 unspecified atom stereocenters. The summed E-state index contributed by atoms with van der Waals surface area (Å²) in [6.45, 7) is 0. The molecule has 0 saturated carbocycles. The number of hydrogen-bond donors (Lipinski definition) is 0. The van der Waals surface area contributed by atoms with Gasteiger partial charge < -0.3 is 4.90 Å². The van der Waals surface area contributed by atoms with Crippen LogP contribution >= 0.6 is 12.2 Å². The van der Waals surface area contributed by atoms with Crippen LogP contribution in [-0.2, 0) is 6.42 Å². The van der Waals surface area contributed by atoms with Crippen LogP contribution in [0.3, 0.4) is 0 Å². The Morgan fingerprint density at radius 1 is 1.29 bits per heavy atom. The van der Waals surface area contributed by atoms with Crippen molar-refractivity contribution in [2.45, 2.75) is 6.42 Å². The van der Waals surface area contributed by atoms with Crippen LogP contribution in [0, 0.1) is 0 Å². The number of benzene rings is 1. The number of nitrogens with zero attached hydrogens (tertiary/aromatic N) is 2. The average Bonchev–Trinajstić information content (AvgIpc) is 2.16. The molecule has 0 atom stereocenters. The Kier molecular flexibility index (Phi) is 2.33. The second-order valence-corrected chi connectivity index (χ2v) is 4.03. The summed E-state index contributed by atoms with van der Waals surface area (Å²) >= 11 is 5.16. The Hall–Kier alpha value is -1.22. The van der Waals surface area contributed by atoms with Crippen molar-refractivity contribution in [1.82, 2.24) is 4.90 Å². The lowest BCUT2D eigenvalue weighted by Crippen LogP contribution is -2.28. The molecule has 0 N–H and O–H groups in total. The Balaban J connectivity index is 2.55. The van der Waals surface area contributed by atoms with Gasteiger partial charge in [-0.05, 0) is 5.56 Å².